The van der Waals surface area contributed by atoms with Crippen LogP contribution in [-0.2, 0) is 18.4 Å². The first-order valence-electron chi connectivity index (χ1n) is 5.38. The van der Waals surface area contributed by atoms with Gasteiger partial charge in [-0.3, -0.25) is 0 Å². The Morgan fingerprint density at radius 3 is 2.78 bits per heavy atom. The van der Waals surface area contributed by atoms with Crippen LogP contribution in [0.1, 0.15) is 12.2 Å². The van der Waals surface area contributed by atoms with Crippen molar-refractivity contribution in [1.82, 2.24) is 20.2 Å². The highest BCUT2D eigenvalue weighted by molar-refractivity contribution is 5.82. The maximum Gasteiger partial charge on any atom is 0.326 e. The highest BCUT2D eigenvalue weighted by atomic mass is 16.4. The summed E-state index contributed by atoms with van der Waals surface area (Å²) in [6.45, 7) is -0.114. The second-order valence-corrected chi connectivity index (χ2v) is 3.68. The number of nitrogens with one attached hydrogen (secondary N) is 2. The summed E-state index contributed by atoms with van der Waals surface area (Å²) in [6, 6.07) is -1.71. The van der Waals surface area contributed by atoms with Crippen molar-refractivity contribution < 1.29 is 19.8 Å². The van der Waals surface area contributed by atoms with Crippen molar-refractivity contribution in [3.8, 4) is 0 Å². The number of hydrogen-bond donors (Lipinski definition) is 4. The van der Waals surface area contributed by atoms with Crippen molar-refractivity contribution in [2.45, 2.75) is 19.0 Å². The van der Waals surface area contributed by atoms with E-state index in [4.69, 9.17) is 10.2 Å². The summed E-state index contributed by atoms with van der Waals surface area (Å²) < 4.78 is 1.74. The van der Waals surface area contributed by atoms with Crippen LogP contribution in [0, 0.1) is 0 Å². The molecule has 0 saturated heterocycles. The van der Waals surface area contributed by atoms with Crippen molar-refractivity contribution in [1.29, 1.82) is 0 Å². The van der Waals surface area contributed by atoms with Crippen molar-refractivity contribution in [3.05, 3.63) is 18.2 Å². The summed E-state index contributed by atoms with van der Waals surface area (Å²) in [5.74, 6) is -0.532. The lowest BCUT2D eigenvalue weighted by Crippen LogP contribution is -2.46. The SMILES string of the molecule is Cn1ccnc1CNC(=O)N[C@@H](CCO)C(=O)O. The summed E-state index contributed by atoms with van der Waals surface area (Å²) >= 11 is 0. The molecule has 0 bridgehead atoms. The Labute approximate surface area is 104 Å². The van der Waals surface area contributed by atoms with Gasteiger partial charge in [0.15, 0.2) is 0 Å². The fraction of sp³-hybridized carbons (Fsp3) is 0.500. The third-order valence-corrected chi connectivity index (χ3v) is 2.35. The number of carboxylic acids is 1. The predicted molar refractivity (Wildman–Crippen MR) is 61.7 cm³/mol. The molecule has 1 rings (SSSR count). The normalized spacial score (nSPS) is 11.9. The highest BCUT2D eigenvalue weighted by Crippen LogP contribution is 1.94. The van der Waals surface area contributed by atoms with Gasteiger partial charge in [0.2, 0.25) is 0 Å². The molecule has 8 heteroatoms. The maximum atomic E-state index is 11.4. The lowest BCUT2D eigenvalue weighted by atomic mass is 10.2. The van der Waals surface area contributed by atoms with E-state index in [-0.39, 0.29) is 19.6 Å². The van der Waals surface area contributed by atoms with Crippen molar-refractivity contribution in [2.75, 3.05) is 6.61 Å². The monoisotopic (exact) mass is 256 g/mol. The van der Waals surface area contributed by atoms with Gasteiger partial charge in [0, 0.05) is 32.5 Å². The number of aryl methyl sites for hydroxylation is 1. The van der Waals surface area contributed by atoms with E-state index in [1.807, 2.05) is 0 Å². The third-order valence-electron chi connectivity index (χ3n) is 2.35. The minimum atomic E-state index is -1.18. The van der Waals surface area contributed by atoms with E-state index >= 15 is 0 Å². The molecule has 0 saturated carbocycles. The minimum Gasteiger partial charge on any atom is -0.480 e. The van der Waals surface area contributed by atoms with Crippen molar-refractivity contribution in [2.24, 2.45) is 7.05 Å². The molecule has 8 nitrogen and oxygen atoms in total. The molecule has 100 valence electrons. The van der Waals surface area contributed by atoms with Crippen molar-refractivity contribution >= 4 is 12.0 Å². The van der Waals surface area contributed by atoms with Gasteiger partial charge in [0.25, 0.3) is 0 Å². The summed E-state index contributed by atoms with van der Waals surface area (Å²) in [5, 5.41) is 22.2. The summed E-state index contributed by atoms with van der Waals surface area (Å²) in [6.07, 6.45) is 3.30. The number of hydrogen-bond acceptors (Lipinski definition) is 4. The summed E-state index contributed by atoms with van der Waals surface area (Å²) in [5.41, 5.74) is 0. The number of carbonyl (C=O) groups excluding carboxylic acids is 1. The molecule has 0 aromatic carbocycles. The number of aromatic nitrogens is 2. The number of aliphatic hydroxyl groups excluding tert-OH is 1. The number of aliphatic carboxylic acids is 1. The van der Waals surface area contributed by atoms with E-state index < -0.39 is 18.0 Å². The zero-order chi connectivity index (χ0) is 13.5. The topological polar surface area (TPSA) is 116 Å². The van der Waals surface area contributed by atoms with Crippen molar-refractivity contribution in [3.63, 3.8) is 0 Å². The lowest BCUT2D eigenvalue weighted by molar-refractivity contribution is -0.139. The highest BCUT2D eigenvalue weighted by Gasteiger charge is 2.18. The molecule has 1 aromatic rings. The average molecular weight is 256 g/mol. The number of nitrogens with zero attached hydrogens (tertiary/aromatic N) is 2. The van der Waals surface area contributed by atoms with Gasteiger partial charge in [-0.2, -0.15) is 0 Å². The van der Waals surface area contributed by atoms with Crippen LogP contribution in [-0.4, -0.2) is 44.4 Å². The Hall–Kier alpha value is -2.09. The number of carboxylic acid groups (broad SMARTS) is 1. The Kier molecular flexibility index (Phi) is 5.12. The lowest BCUT2D eigenvalue weighted by Gasteiger charge is -2.13. The molecule has 0 radical (unpaired) electrons. The molecule has 0 unspecified atom stereocenters. The van der Waals surface area contributed by atoms with Crippen LogP contribution in [0.5, 0.6) is 0 Å². The molecule has 0 fully saturated rings. The third kappa shape index (κ3) is 4.06. The molecular weight excluding hydrogens is 240 g/mol. The van der Waals surface area contributed by atoms with Gasteiger partial charge < -0.3 is 25.4 Å². The smallest absolute Gasteiger partial charge is 0.326 e. The van der Waals surface area contributed by atoms with Gasteiger partial charge in [-0.05, 0) is 0 Å². The van der Waals surface area contributed by atoms with E-state index in [0.29, 0.717) is 5.82 Å². The number of rotatable bonds is 6. The van der Waals surface area contributed by atoms with Gasteiger partial charge in [0.05, 0.1) is 6.54 Å². The van der Waals surface area contributed by atoms with E-state index in [2.05, 4.69) is 15.6 Å². The van der Waals surface area contributed by atoms with Crippen LogP contribution in [0.4, 0.5) is 4.79 Å². The van der Waals surface area contributed by atoms with Gasteiger partial charge >= 0.3 is 12.0 Å². The average Bonchev–Trinajstić information content (AvgIpc) is 2.71. The number of amides is 2. The van der Waals surface area contributed by atoms with Crippen LogP contribution in [0.25, 0.3) is 0 Å². The maximum absolute atomic E-state index is 11.4. The fourth-order valence-corrected chi connectivity index (χ4v) is 1.32. The molecular formula is C10H16N4O4. The first-order valence-corrected chi connectivity index (χ1v) is 5.38. The number of carbonyl (C=O) groups is 2. The van der Waals surface area contributed by atoms with Crippen LogP contribution < -0.4 is 10.6 Å². The Morgan fingerprint density at radius 2 is 2.28 bits per heavy atom. The molecule has 1 aromatic heterocycles. The molecule has 0 aliphatic carbocycles. The number of aliphatic hydroxyl groups is 1. The van der Waals surface area contributed by atoms with Gasteiger partial charge in [0.1, 0.15) is 11.9 Å². The van der Waals surface area contributed by atoms with E-state index in [9.17, 15) is 9.59 Å². The molecule has 2 amide bonds. The van der Waals surface area contributed by atoms with Gasteiger partial charge in [-0.15, -0.1) is 0 Å². The standard InChI is InChI=1S/C10H16N4O4/c1-14-4-3-11-8(14)6-12-10(18)13-7(2-5-15)9(16)17/h3-4,7,15H,2,5-6H2,1H3,(H,16,17)(H2,12,13,18)/t7-/m0/s1. The molecule has 0 aliphatic heterocycles. The minimum absolute atomic E-state index is 0.0365. The first kappa shape index (κ1) is 14.0. The molecule has 1 heterocycles. The Morgan fingerprint density at radius 1 is 1.56 bits per heavy atom. The second-order valence-electron chi connectivity index (χ2n) is 3.68. The summed E-state index contributed by atoms with van der Waals surface area (Å²) in [7, 11) is 1.79. The van der Waals surface area contributed by atoms with Crippen LogP contribution >= 0.6 is 0 Å². The number of urea groups is 1. The predicted octanol–water partition coefficient (Wildman–Crippen LogP) is -0.945. The zero-order valence-electron chi connectivity index (χ0n) is 9.96. The Bertz CT molecular complexity index is 418. The fourth-order valence-electron chi connectivity index (χ4n) is 1.32. The van der Waals surface area contributed by atoms with E-state index in [0.717, 1.165) is 0 Å². The van der Waals surface area contributed by atoms with Crippen LogP contribution in [0.15, 0.2) is 12.4 Å². The van der Waals surface area contributed by atoms with Crippen LogP contribution in [0.3, 0.4) is 0 Å². The Balaban J connectivity index is 2.41. The van der Waals surface area contributed by atoms with E-state index in [1.165, 1.54) is 0 Å². The first-order chi connectivity index (χ1) is 8.54. The van der Waals surface area contributed by atoms with Gasteiger partial charge in [-0.25, -0.2) is 14.6 Å². The van der Waals surface area contributed by atoms with Crippen LogP contribution in [0.2, 0.25) is 0 Å². The van der Waals surface area contributed by atoms with Gasteiger partial charge in [-0.1, -0.05) is 0 Å². The molecule has 18 heavy (non-hydrogen) atoms. The molecule has 4 N–H and O–H groups in total. The zero-order valence-corrected chi connectivity index (χ0v) is 9.96. The largest absolute Gasteiger partial charge is 0.480 e. The molecule has 0 spiro atoms. The van der Waals surface area contributed by atoms with E-state index in [1.54, 1.807) is 24.0 Å². The summed E-state index contributed by atoms with van der Waals surface area (Å²) in [4.78, 5) is 26.2. The molecule has 1 atom stereocenters. The second kappa shape index (κ2) is 6.60. The molecule has 0 aliphatic rings. The number of imidazole rings is 1. The quantitative estimate of drug-likeness (QED) is 0.524.